The molecule has 4 rings (SSSR count). The molecule has 2 aromatic carbocycles. The number of carboxylic acid groups (broad SMARTS) is 1. The van der Waals surface area contributed by atoms with Gasteiger partial charge >= 0.3 is 12.1 Å². The number of alkyl carbamates (subject to hydrolysis) is 1. The third kappa shape index (κ3) is 5.78. The summed E-state index contributed by atoms with van der Waals surface area (Å²) >= 11 is 2.92. The van der Waals surface area contributed by atoms with Gasteiger partial charge in [-0.3, -0.25) is 4.79 Å². The van der Waals surface area contributed by atoms with E-state index in [1.807, 2.05) is 31.2 Å². The molecule has 2 amide bonds. The first-order chi connectivity index (χ1) is 17.0. The normalized spacial score (nSPS) is 18.7. The summed E-state index contributed by atoms with van der Waals surface area (Å²) < 4.78 is 5.53. The van der Waals surface area contributed by atoms with Gasteiger partial charge in [0.2, 0.25) is 5.91 Å². The zero-order valence-electron chi connectivity index (χ0n) is 19.6. The van der Waals surface area contributed by atoms with Crippen LogP contribution in [-0.2, 0) is 14.3 Å². The Kier molecular flexibility index (Phi) is 8.62. The smallest absolute Gasteiger partial charge is 0.407 e. The van der Waals surface area contributed by atoms with Crippen LogP contribution >= 0.6 is 23.5 Å². The van der Waals surface area contributed by atoms with Gasteiger partial charge in [0.1, 0.15) is 12.6 Å². The summed E-state index contributed by atoms with van der Waals surface area (Å²) in [6.07, 6.45) is 1.20. The van der Waals surface area contributed by atoms with Gasteiger partial charge in [-0.15, -0.1) is 11.8 Å². The Morgan fingerprint density at radius 2 is 1.77 bits per heavy atom. The summed E-state index contributed by atoms with van der Waals surface area (Å²) in [5.41, 5.74) is 4.69. The van der Waals surface area contributed by atoms with Crippen LogP contribution in [0.25, 0.3) is 11.1 Å². The molecule has 1 saturated heterocycles. The van der Waals surface area contributed by atoms with Crippen molar-refractivity contribution in [2.24, 2.45) is 0 Å². The molecule has 2 aliphatic rings. The fourth-order valence-electron chi connectivity index (χ4n) is 4.67. The minimum atomic E-state index is -0.952. The standard InChI is InChI=1S/C26H30N2O5S2/c1-2-7-24-28(22(15-35-24)25(30)31)23(29)16-34-13-12-27-26(32)33-14-21-19-10-5-3-8-17(19)18-9-4-6-11-20(18)21/h3-6,8-11,21-22,24H,2,7,12-16H2,1H3,(H,27,32)(H,30,31). The lowest BCUT2D eigenvalue weighted by atomic mass is 9.98. The van der Waals surface area contributed by atoms with E-state index >= 15 is 0 Å². The maximum Gasteiger partial charge on any atom is 0.407 e. The van der Waals surface area contributed by atoms with Crippen molar-refractivity contribution in [3.8, 4) is 11.1 Å². The number of nitrogens with one attached hydrogen (secondary N) is 1. The second kappa shape index (κ2) is 11.9. The molecule has 1 aliphatic carbocycles. The molecule has 0 spiro atoms. The quantitative estimate of drug-likeness (QED) is 0.453. The molecular formula is C26H30N2O5S2. The second-order valence-corrected chi connectivity index (χ2v) is 10.9. The lowest BCUT2D eigenvalue weighted by Crippen LogP contribution is -2.46. The van der Waals surface area contributed by atoms with Crippen molar-refractivity contribution in [3.63, 3.8) is 0 Å². The van der Waals surface area contributed by atoms with E-state index in [0.717, 1.165) is 24.0 Å². The summed E-state index contributed by atoms with van der Waals surface area (Å²) in [7, 11) is 0. The first kappa shape index (κ1) is 25.4. The molecule has 2 N–H and O–H groups in total. The Bertz CT molecular complexity index is 1030. The van der Waals surface area contributed by atoms with Crippen LogP contribution in [0.2, 0.25) is 0 Å². The summed E-state index contributed by atoms with van der Waals surface area (Å²) in [4.78, 5) is 38.1. The number of carbonyl (C=O) groups is 3. The molecule has 0 aromatic heterocycles. The Labute approximate surface area is 214 Å². The van der Waals surface area contributed by atoms with Gasteiger partial charge in [0.25, 0.3) is 0 Å². The van der Waals surface area contributed by atoms with Crippen LogP contribution in [0.4, 0.5) is 4.79 Å². The monoisotopic (exact) mass is 514 g/mol. The van der Waals surface area contributed by atoms with Crippen molar-refractivity contribution in [2.75, 3.05) is 30.4 Å². The molecule has 1 heterocycles. The summed E-state index contributed by atoms with van der Waals surface area (Å²) in [6.45, 7) is 2.65. The van der Waals surface area contributed by atoms with Crippen molar-refractivity contribution in [3.05, 3.63) is 59.7 Å². The van der Waals surface area contributed by atoms with Crippen molar-refractivity contribution in [1.82, 2.24) is 10.2 Å². The SMILES string of the molecule is CCCC1SCC(C(=O)O)N1C(=O)CSCCNC(=O)OCC1c2ccccc2-c2ccccc21. The number of carboxylic acids is 1. The summed E-state index contributed by atoms with van der Waals surface area (Å²) in [5, 5.41) is 12.1. The zero-order valence-corrected chi connectivity index (χ0v) is 21.3. The van der Waals surface area contributed by atoms with Crippen molar-refractivity contribution in [2.45, 2.75) is 37.1 Å². The number of carbonyl (C=O) groups excluding carboxylic acids is 2. The van der Waals surface area contributed by atoms with Gasteiger partial charge in [-0.2, -0.15) is 11.8 Å². The van der Waals surface area contributed by atoms with Gasteiger partial charge in [-0.25, -0.2) is 9.59 Å². The van der Waals surface area contributed by atoms with Gasteiger partial charge in [-0.05, 0) is 28.7 Å². The fourth-order valence-corrected chi connectivity index (χ4v) is 6.92. The first-order valence-corrected chi connectivity index (χ1v) is 14.0. The Balaban J connectivity index is 1.20. The number of hydrogen-bond acceptors (Lipinski definition) is 6. The third-order valence-electron chi connectivity index (χ3n) is 6.29. The minimum absolute atomic E-state index is 0.0109. The van der Waals surface area contributed by atoms with E-state index < -0.39 is 18.1 Å². The topological polar surface area (TPSA) is 95.9 Å². The molecule has 7 nitrogen and oxygen atoms in total. The Morgan fingerprint density at radius 3 is 2.40 bits per heavy atom. The molecule has 9 heteroatoms. The van der Waals surface area contributed by atoms with Crippen LogP contribution < -0.4 is 5.32 Å². The lowest BCUT2D eigenvalue weighted by molar-refractivity contribution is -0.148. The molecule has 0 bridgehead atoms. The van der Waals surface area contributed by atoms with Gasteiger partial charge in [0.05, 0.1) is 11.1 Å². The van der Waals surface area contributed by atoms with Gasteiger partial charge in [0.15, 0.2) is 0 Å². The molecule has 0 radical (unpaired) electrons. The summed E-state index contributed by atoms with van der Waals surface area (Å²) in [6, 6.07) is 15.6. The highest BCUT2D eigenvalue weighted by Crippen LogP contribution is 2.44. The maximum atomic E-state index is 12.7. The third-order valence-corrected chi connectivity index (χ3v) is 8.59. The first-order valence-electron chi connectivity index (χ1n) is 11.8. The van der Waals surface area contributed by atoms with E-state index in [0.29, 0.717) is 18.1 Å². The molecule has 0 saturated carbocycles. The van der Waals surface area contributed by atoms with Crippen molar-refractivity contribution in [1.29, 1.82) is 0 Å². The molecule has 35 heavy (non-hydrogen) atoms. The van der Waals surface area contributed by atoms with Gasteiger partial charge in [0, 0.05) is 24.0 Å². The fraction of sp³-hybridized carbons (Fsp3) is 0.423. The summed E-state index contributed by atoms with van der Waals surface area (Å²) in [5.74, 6) is 0.0548. The minimum Gasteiger partial charge on any atom is -0.480 e. The van der Waals surface area contributed by atoms with E-state index in [1.54, 1.807) is 0 Å². The number of nitrogens with zero attached hydrogens (tertiary/aromatic N) is 1. The maximum absolute atomic E-state index is 12.7. The highest BCUT2D eigenvalue weighted by Gasteiger charge is 2.40. The average Bonchev–Trinajstić information content (AvgIpc) is 3.42. The molecule has 1 fully saturated rings. The number of fused-ring (bicyclic) bond motifs is 3. The largest absolute Gasteiger partial charge is 0.480 e. The zero-order chi connectivity index (χ0) is 24.8. The second-order valence-electron chi connectivity index (χ2n) is 8.54. The average molecular weight is 515 g/mol. The predicted molar refractivity (Wildman–Crippen MR) is 140 cm³/mol. The highest BCUT2D eigenvalue weighted by molar-refractivity contribution is 8.00. The molecule has 2 atom stereocenters. The number of aliphatic carboxylic acids is 1. The molecule has 186 valence electrons. The van der Waals surface area contributed by atoms with Gasteiger partial charge in [-0.1, -0.05) is 61.9 Å². The van der Waals surface area contributed by atoms with Crippen LogP contribution in [0.15, 0.2) is 48.5 Å². The predicted octanol–water partition coefficient (Wildman–Crippen LogP) is 4.41. The van der Waals surface area contributed by atoms with Crippen LogP contribution in [-0.4, -0.2) is 69.8 Å². The number of rotatable bonds is 10. The van der Waals surface area contributed by atoms with Crippen molar-refractivity contribution < 1.29 is 24.2 Å². The van der Waals surface area contributed by atoms with Crippen LogP contribution in [0.3, 0.4) is 0 Å². The van der Waals surface area contributed by atoms with Crippen LogP contribution in [0.5, 0.6) is 0 Å². The molecule has 2 unspecified atom stereocenters. The molecule has 1 aliphatic heterocycles. The number of benzene rings is 2. The van der Waals surface area contributed by atoms with E-state index in [2.05, 4.69) is 29.6 Å². The van der Waals surface area contributed by atoms with Gasteiger partial charge < -0.3 is 20.1 Å². The molecular weight excluding hydrogens is 484 g/mol. The number of amides is 2. The van der Waals surface area contributed by atoms with E-state index in [1.165, 1.54) is 39.6 Å². The van der Waals surface area contributed by atoms with Crippen LogP contribution in [0, 0.1) is 0 Å². The number of ether oxygens (including phenoxy) is 1. The number of thioether (sulfide) groups is 2. The lowest BCUT2D eigenvalue weighted by Gasteiger charge is -2.27. The van der Waals surface area contributed by atoms with Crippen LogP contribution in [0.1, 0.15) is 36.8 Å². The molecule has 2 aromatic rings. The highest BCUT2D eigenvalue weighted by atomic mass is 32.2. The van der Waals surface area contributed by atoms with Crippen molar-refractivity contribution >= 4 is 41.5 Å². The van der Waals surface area contributed by atoms with E-state index in [9.17, 15) is 19.5 Å². The Morgan fingerprint density at radius 1 is 1.11 bits per heavy atom. The van der Waals surface area contributed by atoms with E-state index in [-0.39, 0.29) is 29.6 Å². The van der Waals surface area contributed by atoms with E-state index in [4.69, 9.17) is 4.74 Å². The number of hydrogen-bond donors (Lipinski definition) is 2. The Hall–Kier alpha value is -2.65.